The van der Waals surface area contributed by atoms with Crippen molar-refractivity contribution in [3.63, 3.8) is 0 Å². The molecule has 0 radical (unpaired) electrons. The summed E-state index contributed by atoms with van der Waals surface area (Å²) < 4.78 is 0. The fourth-order valence-corrected chi connectivity index (χ4v) is 0.667. The summed E-state index contributed by atoms with van der Waals surface area (Å²) in [6, 6.07) is 4.54. The lowest BCUT2D eigenvalue weighted by atomic mass is 10.2. The van der Waals surface area contributed by atoms with Gasteiger partial charge in [0.25, 0.3) is 0 Å². The summed E-state index contributed by atoms with van der Waals surface area (Å²) in [5, 5.41) is 17.8. The maximum absolute atomic E-state index is 8.93. The molecule has 0 atom stereocenters. The maximum atomic E-state index is 8.93. The molecule has 0 unspecified atom stereocenters. The van der Waals surface area contributed by atoms with Crippen molar-refractivity contribution < 1.29 is 10.2 Å². The lowest BCUT2D eigenvalue weighted by molar-refractivity contribution is 0.403. The standard InChI is InChI=1S/C8H8O2/c1-2-6-3-4-7(9)8(10)5-6/h2-5,9-10H,1H2. The molecule has 0 bridgehead atoms. The summed E-state index contributed by atoms with van der Waals surface area (Å²) >= 11 is 0. The average molecular weight is 136 g/mol. The molecule has 0 aliphatic heterocycles. The molecule has 2 N–H and O–H groups in total. The first-order chi connectivity index (χ1) is 4.74. The second kappa shape index (κ2) is 2.43. The molecule has 10 heavy (non-hydrogen) atoms. The summed E-state index contributed by atoms with van der Waals surface area (Å²) in [6.45, 7) is 3.51. The van der Waals surface area contributed by atoms with E-state index >= 15 is 0 Å². The first kappa shape index (κ1) is 6.68. The zero-order valence-electron chi connectivity index (χ0n) is 5.41. The van der Waals surface area contributed by atoms with Crippen LogP contribution in [0.15, 0.2) is 24.8 Å². The van der Waals surface area contributed by atoms with Crippen LogP contribution < -0.4 is 0 Å². The predicted octanol–water partition coefficient (Wildman–Crippen LogP) is 1.74. The Morgan fingerprint density at radius 1 is 1.20 bits per heavy atom. The molecular weight excluding hydrogens is 128 g/mol. The summed E-state index contributed by atoms with van der Waals surface area (Å²) in [5.74, 6) is -0.219. The van der Waals surface area contributed by atoms with Crippen LogP contribution in [0.2, 0.25) is 0 Å². The van der Waals surface area contributed by atoms with Gasteiger partial charge in [0.1, 0.15) is 0 Å². The molecule has 1 rings (SSSR count). The molecule has 0 amide bonds. The van der Waals surface area contributed by atoms with Gasteiger partial charge in [0.15, 0.2) is 11.5 Å². The third-order valence-corrected chi connectivity index (χ3v) is 1.24. The van der Waals surface area contributed by atoms with Gasteiger partial charge in [-0.2, -0.15) is 0 Å². The number of hydrogen-bond donors (Lipinski definition) is 2. The van der Waals surface area contributed by atoms with E-state index in [-0.39, 0.29) is 11.5 Å². The van der Waals surface area contributed by atoms with Gasteiger partial charge in [-0.05, 0) is 17.7 Å². The molecule has 2 heteroatoms. The molecular formula is C8H8O2. The van der Waals surface area contributed by atoms with E-state index in [9.17, 15) is 0 Å². The Balaban J connectivity index is 3.16. The van der Waals surface area contributed by atoms with E-state index in [0.29, 0.717) is 0 Å². The van der Waals surface area contributed by atoms with Crippen molar-refractivity contribution in [1.82, 2.24) is 0 Å². The molecule has 1 aromatic rings. The van der Waals surface area contributed by atoms with Crippen molar-refractivity contribution >= 4 is 6.08 Å². The van der Waals surface area contributed by atoms with Crippen molar-refractivity contribution in [2.45, 2.75) is 0 Å². The van der Waals surface area contributed by atoms with Crippen LogP contribution in [0.1, 0.15) is 5.56 Å². The van der Waals surface area contributed by atoms with Crippen molar-refractivity contribution in [1.29, 1.82) is 0 Å². The fourth-order valence-electron chi connectivity index (χ4n) is 0.667. The van der Waals surface area contributed by atoms with E-state index in [1.807, 2.05) is 0 Å². The Kier molecular flexibility index (Phi) is 1.63. The minimum Gasteiger partial charge on any atom is -0.504 e. The molecule has 0 heterocycles. The van der Waals surface area contributed by atoms with Gasteiger partial charge in [0.05, 0.1) is 0 Å². The van der Waals surface area contributed by atoms with Crippen LogP contribution in [-0.4, -0.2) is 10.2 Å². The van der Waals surface area contributed by atoms with Crippen LogP contribution in [0.5, 0.6) is 11.5 Å². The minimum atomic E-state index is -0.114. The molecule has 0 spiro atoms. The largest absolute Gasteiger partial charge is 0.504 e. The van der Waals surface area contributed by atoms with E-state index in [0.717, 1.165) is 5.56 Å². The Bertz CT molecular complexity index is 253. The van der Waals surface area contributed by atoms with E-state index in [4.69, 9.17) is 10.2 Å². The first-order valence-electron chi connectivity index (χ1n) is 2.88. The van der Waals surface area contributed by atoms with Crippen LogP contribution >= 0.6 is 0 Å². The Labute approximate surface area is 59.1 Å². The normalized spacial score (nSPS) is 9.20. The number of phenols is 2. The van der Waals surface area contributed by atoms with Crippen LogP contribution in [0.4, 0.5) is 0 Å². The van der Waals surface area contributed by atoms with E-state index in [1.165, 1.54) is 12.1 Å². The van der Waals surface area contributed by atoms with Crippen molar-refractivity contribution in [2.75, 3.05) is 0 Å². The molecule has 0 aromatic heterocycles. The highest BCUT2D eigenvalue weighted by molar-refractivity contribution is 5.53. The van der Waals surface area contributed by atoms with Gasteiger partial charge >= 0.3 is 0 Å². The van der Waals surface area contributed by atoms with Gasteiger partial charge in [0.2, 0.25) is 0 Å². The third kappa shape index (κ3) is 1.10. The highest BCUT2D eigenvalue weighted by Crippen LogP contribution is 2.24. The van der Waals surface area contributed by atoms with Crippen molar-refractivity contribution in [3.8, 4) is 11.5 Å². The topological polar surface area (TPSA) is 40.5 Å². The highest BCUT2D eigenvalue weighted by atomic mass is 16.3. The van der Waals surface area contributed by atoms with Crippen molar-refractivity contribution in [2.24, 2.45) is 0 Å². The van der Waals surface area contributed by atoms with Gasteiger partial charge in [-0.15, -0.1) is 0 Å². The predicted molar refractivity (Wildman–Crippen MR) is 39.9 cm³/mol. The van der Waals surface area contributed by atoms with Crippen LogP contribution in [0, 0.1) is 0 Å². The Morgan fingerprint density at radius 3 is 2.40 bits per heavy atom. The zero-order chi connectivity index (χ0) is 7.56. The van der Waals surface area contributed by atoms with Gasteiger partial charge in [-0.1, -0.05) is 18.7 Å². The number of rotatable bonds is 1. The second-order valence-corrected chi connectivity index (χ2v) is 1.95. The number of aromatic hydroxyl groups is 2. The van der Waals surface area contributed by atoms with E-state index < -0.39 is 0 Å². The SMILES string of the molecule is C=Cc1ccc(O)c(O)c1. The van der Waals surface area contributed by atoms with Gasteiger partial charge in [-0.3, -0.25) is 0 Å². The molecule has 1 aromatic carbocycles. The molecule has 0 fully saturated rings. The number of hydrogen-bond acceptors (Lipinski definition) is 2. The molecule has 2 nitrogen and oxygen atoms in total. The molecule has 52 valence electrons. The molecule has 0 saturated carbocycles. The second-order valence-electron chi connectivity index (χ2n) is 1.95. The van der Waals surface area contributed by atoms with Crippen LogP contribution in [0.3, 0.4) is 0 Å². The van der Waals surface area contributed by atoms with Crippen LogP contribution in [-0.2, 0) is 0 Å². The average Bonchev–Trinajstić information content (AvgIpc) is 1.95. The Hall–Kier alpha value is -1.44. The monoisotopic (exact) mass is 136 g/mol. The minimum absolute atomic E-state index is 0.106. The molecule has 0 aliphatic rings. The van der Waals surface area contributed by atoms with Crippen LogP contribution in [0.25, 0.3) is 6.08 Å². The van der Waals surface area contributed by atoms with Crippen molar-refractivity contribution in [3.05, 3.63) is 30.3 Å². The van der Waals surface area contributed by atoms with Gasteiger partial charge in [0, 0.05) is 0 Å². The van der Waals surface area contributed by atoms with E-state index in [2.05, 4.69) is 6.58 Å². The summed E-state index contributed by atoms with van der Waals surface area (Å²) in [4.78, 5) is 0. The Morgan fingerprint density at radius 2 is 1.90 bits per heavy atom. The molecule has 0 saturated heterocycles. The lowest BCUT2D eigenvalue weighted by Crippen LogP contribution is -1.71. The van der Waals surface area contributed by atoms with Gasteiger partial charge < -0.3 is 10.2 Å². The zero-order valence-corrected chi connectivity index (χ0v) is 5.41. The molecule has 0 aliphatic carbocycles. The summed E-state index contributed by atoms with van der Waals surface area (Å²) in [6.07, 6.45) is 1.60. The number of benzene rings is 1. The van der Waals surface area contributed by atoms with E-state index in [1.54, 1.807) is 12.1 Å². The summed E-state index contributed by atoms with van der Waals surface area (Å²) in [7, 11) is 0. The maximum Gasteiger partial charge on any atom is 0.157 e. The highest BCUT2D eigenvalue weighted by Gasteiger charge is 1.95. The van der Waals surface area contributed by atoms with Gasteiger partial charge in [-0.25, -0.2) is 0 Å². The quantitative estimate of drug-likeness (QED) is 0.577. The third-order valence-electron chi connectivity index (χ3n) is 1.24. The summed E-state index contributed by atoms with van der Waals surface area (Å²) in [5.41, 5.74) is 0.787. The smallest absolute Gasteiger partial charge is 0.157 e. The lowest BCUT2D eigenvalue weighted by Gasteiger charge is -1.96. The number of phenolic OH excluding ortho intramolecular Hbond substituents is 2. The first-order valence-corrected chi connectivity index (χ1v) is 2.88. The fraction of sp³-hybridized carbons (Fsp3) is 0.